The first-order chi connectivity index (χ1) is 4.20. The van der Waals surface area contributed by atoms with Gasteiger partial charge in [-0.2, -0.15) is 0 Å². The highest BCUT2D eigenvalue weighted by Crippen LogP contribution is 2.30. The van der Waals surface area contributed by atoms with Crippen molar-refractivity contribution >= 4 is 46.1 Å². The summed E-state index contributed by atoms with van der Waals surface area (Å²) in [6, 6.07) is 0. The average molecular weight is 202 g/mol. The number of aromatic nitrogens is 1. The highest BCUT2D eigenvalue weighted by atomic mass is 35.5. The zero-order valence-corrected chi connectivity index (χ0v) is 7.23. The van der Waals surface area contributed by atoms with E-state index in [2.05, 4.69) is 4.98 Å². The second kappa shape index (κ2) is 3.06. The molecule has 0 aliphatic carbocycles. The lowest BCUT2D eigenvalue weighted by atomic mass is 10.6. The number of alkyl halides is 2. The van der Waals surface area contributed by atoms with Crippen molar-refractivity contribution in [1.29, 1.82) is 0 Å². The number of hydrogen-bond donors (Lipinski definition) is 0. The van der Waals surface area contributed by atoms with E-state index in [-0.39, 0.29) is 0 Å². The second-order valence-electron chi connectivity index (χ2n) is 1.32. The van der Waals surface area contributed by atoms with Crippen LogP contribution in [0.2, 0.25) is 4.47 Å². The van der Waals surface area contributed by atoms with E-state index in [9.17, 15) is 0 Å². The van der Waals surface area contributed by atoms with Crippen molar-refractivity contribution in [2.75, 3.05) is 0 Å². The van der Waals surface area contributed by atoms with Crippen molar-refractivity contribution in [1.82, 2.24) is 4.98 Å². The van der Waals surface area contributed by atoms with Crippen LogP contribution >= 0.6 is 46.1 Å². The normalized spacial score (nSPS) is 10.7. The Morgan fingerprint density at radius 1 is 1.56 bits per heavy atom. The minimum absolute atomic E-state index is 0.469. The van der Waals surface area contributed by atoms with Gasteiger partial charge < -0.3 is 0 Å². The van der Waals surface area contributed by atoms with Gasteiger partial charge in [-0.25, -0.2) is 4.98 Å². The van der Waals surface area contributed by atoms with E-state index in [1.165, 1.54) is 11.3 Å². The first-order valence-corrected chi connectivity index (χ1v) is 4.16. The Bertz CT molecular complexity index is 197. The van der Waals surface area contributed by atoms with E-state index in [1.807, 2.05) is 0 Å². The Morgan fingerprint density at radius 2 is 2.22 bits per heavy atom. The van der Waals surface area contributed by atoms with Gasteiger partial charge in [0.15, 0.2) is 4.47 Å². The van der Waals surface area contributed by atoms with Crippen LogP contribution in [0.1, 0.15) is 9.71 Å². The summed E-state index contributed by atoms with van der Waals surface area (Å²) in [6.07, 6.45) is 1.57. The quantitative estimate of drug-likeness (QED) is 0.637. The Morgan fingerprint density at radius 3 is 2.44 bits per heavy atom. The number of thiazole rings is 1. The van der Waals surface area contributed by atoms with Crippen LogP contribution in [0.4, 0.5) is 0 Å². The number of nitrogens with zero attached hydrogens (tertiary/aromatic N) is 1. The van der Waals surface area contributed by atoms with Crippen molar-refractivity contribution in [2.45, 2.75) is 4.84 Å². The van der Waals surface area contributed by atoms with Crippen LogP contribution in [-0.2, 0) is 0 Å². The summed E-state index contributed by atoms with van der Waals surface area (Å²) in [7, 11) is 0. The van der Waals surface area contributed by atoms with E-state index >= 15 is 0 Å². The Balaban J connectivity index is 2.85. The smallest absolute Gasteiger partial charge is 0.183 e. The third-order valence-corrected chi connectivity index (χ3v) is 2.62. The molecule has 0 aromatic carbocycles. The summed E-state index contributed by atoms with van der Waals surface area (Å²) in [4.78, 5) is 4.03. The van der Waals surface area contributed by atoms with Crippen molar-refractivity contribution in [3.63, 3.8) is 0 Å². The predicted molar refractivity (Wildman–Crippen MR) is 41.6 cm³/mol. The first kappa shape index (κ1) is 7.61. The Kier molecular flexibility index (Phi) is 2.59. The van der Waals surface area contributed by atoms with Gasteiger partial charge in [-0.05, 0) is 0 Å². The lowest BCUT2D eigenvalue weighted by molar-refractivity contribution is 1.34. The fourth-order valence-corrected chi connectivity index (χ4v) is 1.56. The maximum absolute atomic E-state index is 5.49. The Labute approximate surface area is 71.6 Å². The maximum Gasteiger partial charge on any atom is 0.183 e. The molecule has 0 N–H and O–H groups in total. The molecule has 0 aliphatic heterocycles. The molecule has 0 amide bonds. The van der Waals surface area contributed by atoms with Crippen molar-refractivity contribution in [3.8, 4) is 0 Å². The molecule has 9 heavy (non-hydrogen) atoms. The topological polar surface area (TPSA) is 12.9 Å². The molecule has 0 bridgehead atoms. The number of halogens is 3. The Hall–Kier alpha value is 0.500. The minimum atomic E-state index is -0.505. The SMILES string of the molecule is Clc1ncc(C(Cl)Cl)s1. The van der Waals surface area contributed by atoms with Gasteiger partial charge in [0.2, 0.25) is 0 Å². The second-order valence-corrected chi connectivity index (χ2v) is 4.06. The summed E-state index contributed by atoms with van der Waals surface area (Å²) in [6.45, 7) is 0. The van der Waals surface area contributed by atoms with Crippen LogP contribution < -0.4 is 0 Å². The van der Waals surface area contributed by atoms with E-state index in [0.717, 1.165) is 4.88 Å². The molecule has 0 radical (unpaired) electrons. The molecular formula is C4H2Cl3NS. The first-order valence-electron chi connectivity index (χ1n) is 2.09. The largest absolute Gasteiger partial charge is 0.233 e. The average Bonchev–Trinajstić information content (AvgIpc) is 2.14. The summed E-state index contributed by atoms with van der Waals surface area (Å²) in [5.41, 5.74) is 0. The summed E-state index contributed by atoms with van der Waals surface area (Å²) < 4.78 is 0.469. The summed E-state index contributed by atoms with van der Waals surface area (Å²) in [5.74, 6) is 0. The molecule has 0 spiro atoms. The number of hydrogen-bond acceptors (Lipinski definition) is 2. The molecule has 0 atom stereocenters. The molecule has 0 unspecified atom stereocenters. The van der Waals surface area contributed by atoms with Gasteiger partial charge in [0.25, 0.3) is 0 Å². The van der Waals surface area contributed by atoms with Crippen LogP contribution in [0.25, 0.3) is 0 Å². The monoisotopic (exact) mass is 201 g/mol. The molecule has 0 saturated carbocycles. The van der Waals surface area contributed by atoms with Gasteiger partial charge in [-0.3, -0.25) is 0 Å². The van der Waals surface area contributed by atoms with E-state index in [4.69, 9.17) is 34.8 Å². The van der Waals surface area contributed by atoms with Gasteiger partial charge in [0, 0.05) is 6.20 Å². The third kappa shape index (κ3) is 1.97. The molecule has 1 aromatic heterocycles. The zero-order chi connectivity index (χ0) is 6.85. The standard InChI is InChI=1S/C4H2Cl3NS/c5-3(6)2-1-8-4(7)9-2/h1,3H. The predicted octanol–water partition coefficient (Wildman–Crippen LogP) is 3.27. The molecule has 1 rings (SSSR count). The fourth-order valence-electron chi connectivity index (χ4n) is 0.365. The molecular weight excluding hydrogens is 200 g/mol. The lowest BCUT2D eigenvalue weighted by Crippen LogP contribution is -1.68. The third-order valence-electron chi connectivity index (χ3n) is 0.710. The zero-order valence-electron chi connectivity index (χ0n) is 4.14. The van der Waals surface area contributed by atoms with Gasteiger partial charge in [0.05, 0.1) is 4.88 Å². The molecule has 0 saturated heterocycles. The van der Waals surface area contributed by atoms with Crippen LogP contribution in [0.5, 0.6) is 0 Å². The molecule has 50 valence electrons. The minimum Gasteiger partial charge on any atom is -0.233 e. The van der Waals surface area contributed by atoms with Gasteiger partial charge >= 0.3 is 0 Å². The molecule has 1 heterocycles. The van der Waals surface area contributed by atoms with Crippen LogP contribution in [-0.4, -0.2) is 4.98 Å². The highest BCUT2D eigenvalue weighted by molar-refractivity contribution is 7.16. The molecule has 1 aromatic rings. The highest BCUT2D eigenvalue weighted by Gasteiger charge is 2.06. The van der Waals surface area contributed by atoms with Crippen LogP contribution in [0, 0.1) is 0 Å². The van der Waals surface area contributed by atoms with Crippen LogP contribution in [0.3, 0.4) is 0 Å². The van der Waals surface area contributed by atoms with Crippen LogP contribution in [0.15, 0.2) is 6.20 Å². The molecule has 5 heteroatoms. The fraction of sp³-hybridized carbons (Fsp3) is 0.250. The maximum atomic E-state index is 5.49. The summed E-state index contributed by atoms with van der Waals surface area (Å²) >= 11 is 17.8. The molecule has 1 nitrogen and oxygen atoms in total. The van der Waals surface area contributed by atoms with Gasteiger partial charge in [0.1, 0.15) is 4.84 Å². The van der Waals surface area contributed by atoms with Crippen molar-refractivity contribution < 1.29 is 0 Å². The van der Waals surface area contributed by atoms with E-state index in [1.54, 1.807) is 6.20 Å². The molecule has 0 aliphatic rings. The summed E-state index contributed by atoms with van der Waals surface area (Å²) in [5, 5.41) is 0. The van der Waals surface area contributed by atoms with E-state index < -0.39 is 4.84 Å². The number of rotatable bonds is 1. The van der Waals surface area contributed by atoms with Crippen molar-refractivity contribution in [3.05, 3.63) is 15.5 Å². The molecule has 0 fully saturated rings. The van der Waals surface area contributed by atoms with E-state index in [0.29, 0.717) is 4.47 Å². The lowest BCUT2D eigenvalue weighted by Gasteiger charge is -1.89. The van der Waals surface area contributed by atoms with Gasteiger partial charge in [-0.15, -0.1) is 11.3 Å². The van der Waals surface area contributed by atoms with Crippen molar-refractivity contribution in [2.24, 2.45) is 0 Å². The van der Waals surface area contributed by atoms with Gasteiger partial charge in [-0.1, -0.05) is 34.8 Å².